The van der Waals surface area contributed by atoms with E-state index in [4.69, 9.17) is 0 Å². The molecule has 0 atom stereocenters. The van der Waals surface area contributed by atoms with Gasteiger partial charge in [-0.2, -0.15) is 13.2 Å². The van der Waals surface area contributed by atoms with E-state index in [1.807, 2.05) is 24.3 Å². The van der Waals surface area contributed by atoms with E-state index in [0.29, 0.717) is 11.3 Å². The van der Waals surface area contributed by atoms with Gasteiger partial charge in [-0.3, -0.25) is 0 Å². The first-order valence-corrected chi connectivity index (χ1v) is 7.56. The minimum absolute atomic E-state index is 0.119. The fourth-order valence-corrected chi connectivity index (χ4v) is 2.64. The van der Waals surface area contributed by atoms with Gasteiger partial charge in [0, 0.05) is 16.5 Å². The minimum Gasteiger partial charge on any atom is -0.248 e. The van der Waals surface area contributed by atoms with Crippen LogP contribution in [-0.2, 0) is 0 Å². The van der Waals surface area contributed by atoms with Gasteiger partial charge in [0.25, 0.3) is 0 Å². The number of hydrogen-bond donors (Lipinski definition) is 0. The van der Waals surface area contributed by atoms with Crippen molar-refractivity contribution in [3.05, 3.63) is 77.5 Å². The van der Waals surface area contributed by atoms with E-state index in [-0.39, 0.29) is 6.42 Å². The van der Waals surface area contributed by atoms with Crippen molar-refractivity contribution < 1.29 is 13.2 Å². The van der Waals surface area contributed by atoms with Crippen molar-refractivity contribution in [2.24, 2.45) is 0 Å². The van der Waals surface area contributed by atoms with Gasteiger partial charge in [-0.25, -0.2) is 4.98 Å². The molecule has 0 spiro atoms. The number of aromatic nitrogens is 1. The Labute approximate surface area is 138 Å². The Morgan fingerprint density at radius 2 is 1.92 bits per heavy atom. The van der Waals surface area contributed by atoms with Crippen LogP contribution in [0, 0.1) is 0 Å². The van der Waals surface area contributed by atoms with Crippen molar-refractivity contribution in [3.8, 4) is 0 Å². The van der Waals surface area contributed by atoms with Gasteiger partial charge in [-0.05, 0) is 43.2 Å². The lowest BCUT2D eigenvalue weighted by Gasteiger charge is -2.10. The van der Waals surface area contributed by atoms with E-state index in [1.165, 1.54) is 6.08 Å². The standard InChI is InChI=1S/C20H16F3N/c1-3-14-5-8-18-15(11-14)6-9-19(24-18)16-10-13(2)4-7-17(12-16)20(21,22)23/h3-6,8-12H,1,7H2,2H3. The van der Waals surface area contributed by atoms with E-state index in [9.17, 15) is 13.2 Å². The summed E-state index contributed by atoms with van der Waals surface area (Å²) in [4.78, 5) is 4.53. The van der Waals surface area contributed by atoms with E-state index in [1.54, 1.807) is 31.2 Å². The molecule has 0 saturated carbocycles. The lowest BCUT2D eigenvalue weighted by Crippen LogP contribution is -2.11. The van der Waals surface area contributed by atoms with Crippen LogP contribution < -0.4 is 0 Å². The van der Waals surface area contributed by atoms with E-state index >= 15 is 0 Å². The Balaban J connectivity index is 2.10. The van der Waals surface area contributed by atoms with Gasteiger partial charge < -0.3 is 0 Å². The first-order valence-electron chi connectivity index (χ1n) is 7.56. The summed E-state index contributed by atoms with van der Waals surface area (Å²) in [7, 11) is 0. The summed E-state index contributed by atoms with van der Waals surface area (Å²) in [6.07, 6.45) is 1.81. The second-order valence-electron chi connectivity index (χ2n) is 5.77. The van der Waals surface area contributed by atoms with E-state index in [0.717, 1.165) is 22.0 Å². The monoisotopic (exact) mass is 327 g/mol. The fraction of sp³-hybridized carbons (Fsp3) is 0.150. The second kappa shape index (κ2) is 6.11. The van der Waals surface area contributed by atoms with Gasteiger partial charge in [0.05, 0.1) is 11.2 Å². The number of nitrogens with zero attached hydrogens (tertiary/aromatic N) is 1. The molecule has 1 aromatic carbocycles. The first kappa shape index (κ1) is 16.2. The highest BCUT2D eigenvalue weighted by Crippen LogP contribution is 2.34. The molecule has 0 saturated heterocycles. The number of hydrogen-bond acceptors (Lipinski definition) is 1. The third-order valence-corrected chi connectivity index (χ3v) is 3.97. The van der Waals surface area contributed by atoms with Gasteiger partial charge in [0.15, 0.2) is 0 Å². The molecule has 3 rings (SSSR count). The second-order valence-corrected chi connectivity index (χ2v) is 5.77. The van der Waals surface area contributed by atoms with Crippen LogP contribution in [0.15, 0.2) is 66.3 Å². The molecule has 1 aliphatic carbocycles. The van der Waals surface area contributed by atoms with Crippen molar-refractivity contribution in [2.45, 2.75) is 19.5 Å². The zero-order chi connectivity index (χ0) is 17.3. The molecule has 1 aliphatic rings. The van der Waals surface area contributed by atoms with Crippen molar-refractivity contribution in [1.82, 2.24) is 4.98 Å². The van der Waals surface area contributed by atoms with Crippen LogP contribution in [-0.4, -0.2) is 11.2 Å². The molecule has 1 heterocycles. The minimum atomic E-state index is -4.34. The average molecular weight is 327 g/mol. The zero-order valence-electron chi connectivity index (χ0n) is 13.2. The molecule has 0 unspecified atom stereocenters. The Kier molecular flexibility index (Phi) is 4.14. The summed E-state index contributed by atoms with van der Waals surface area (Å²) in [6.45, 7) is 5.52. The fourth-order valence-electron chi connectivity index (χ4n) is 2.64. The van der Waals surface area contributed by atoms with Crippen molar-refractivity contribution in [1.29, 1.82) is 0 Å². The van der Waals surface area contributed by atoms with Gasteiger partial charge in [0.1, 0.15) is 0 Å². The molecule has 24 heavy (non-hydrogen) atoms. The Hall–Kier alpha value is -2.62. The maximum absolute atomic E-state index is 13.1. The largest absolute Gasteiger partial charge is 0.413 e. The van der Waals surface area contributed by atoms with Crippen molar-refractivity contribution in [2.75, 3.05) is 0 Å². The van der Waals surface area contributed by atoms with Gasteiger partial charge in [-0.1, -0.05) is 42.5 Å². The number of rotatable bonds is 2. The van der Waals surface area contributed by atoms with Crippen LogP contribution in [0.5, 0.6) is 0 Å². The predicted octanol–water partition coefficient (Wildman–Crippen LogP) is 6.10. The van der Waals surface area contributed by atoms with Crippen LogP contribution in [0.4, 0.5) is 13.2 Å². The summed E-state index contributed by atoms with van der Waals surface area (Å²) in [5.74, 6) is 0. The number of alkyl halides is 3. The third kappa shape index (κ3) is 3.32. The normalized spacial score (nSPS) is 15.4. The Morgan fingerprint density at radius 3 is 2.62 bits per heavy atom. The van der Waals surface area contributed by atoms with Crippen LogP contribution in [0.3, 0.4) is 0 Å². The molecule has 0 amide bonds. The molecule has 122 valence electrons. The van der Waals surface area contributed by atoms with E-state index < -0.39 is 11.7 Å². The average Bonchev–Trinajstić information content (AvgIpc) is 2.75. The lowest BCUT2D eigenvalue weighted by atomic mass is 10.0. The van der Waals surface area contributed by atoms with Gasteiger partial charge in [-0.15, -0.1) is 0 Å². The molecular formula is C20H16F3N. The van der Waals surface area contributed by atoms with Crippen molar-refractivity contribution in [3.63, 3.8) is 0 Å². The van der Waals surface area contributed by atoms with Crippen LogP contribution in [0.25, 0.3) is 22.6 Å². The lowest BCUT2D eigenvalue weighted by molar-refractivity contribution is -0.0928. The molecule has 1 nitrogen and oxygen atoms in total. The highest BCUT2D eigenvalue weighted by Gasteiger charge is 2.33. The number of fused-ring (bicyclic) bond motifs is 1. The Morgan fingerprint density at radius 1 is 1.12 bits per heavy atom. The quantitative estimate of drug-likeness (QED) is 0.649. The predicted molar refractivity (Wildman–Crippen MR) is 92.3 cm³/mol. The summed E-state index contributed by atoms with van der Waals surface area (Å²) in [6, 6.07) is 9.31. The number of benzene rings is 1. The van der Waals surface area contributed by atoms with Crippen LogP contribution in [0.2, 0.25) is 0 Å². The molecular weight excluding hydrogens is 311 g/mol. The van der Waals surface area contributed by atoms with Gasteiger partial charge >= 0.3 is 6.18 Å². The smallest absolute Gasteiger partial charge is 0.248 e. The number of pyridine rings is 1. The zero-order valence-corrected chi connectivity index (χ0v) is 13.2. The summed E-state index contributed by atoms with van der Waals surface area (Å²) < 4.78 is 39.4. The SMILES string of the molecule is C=Cc1ccc2nc(C3=CC(C)=CCC(C(F)(F)F)=C3)ccc2c1. The maximum Gasteiger partial charge on any atom is 0.413 e. The Bertz CT molecular complexity index is 899. The highest BCUT2D eigenvalue weighted by molar-refractivity contribution is 5.85. The summed E-state index contributed by atoms with van der Waals surface area (Å²) in [5, 5.41) is 0.928. The van der Waals surface area contributed by atoms with Gasteiger partial charge in [0.2, 0.25) is 0 Å². The first-order chi connectivity index (χ1) is 11.4. The highest BCUT2D eigenvalue weighted by atomic mass is 19.4. The molecule has 4 heteroatoms. The van der Waals surface area contributed by atoms with E-state index in [2.05, 4.69) is 11.6 Å². The summed E-state index contributed by atoms with van der Waals surface area (Å²) in [5.41, 5.74) is 2.96. The molecule has 0 aliphatic heterocycles. The topological polar surface area (TPSA) is 12.9 Å². The van der Waals surface area contributed by atoms with Crippen LogP contribution >= 0.6 is 0 Å². The molecule has 1 aromatic heterocycles. The number of allylic oxidation sites excluding steroid dienone is 6. The molecule has 0 N–H and O–H groups in total. The number of halogens is 3. The molecule has 0 fully saturated rings. The van der Waals surface area contributed by atoms with Crippen molar-refractivity contribution >= 4 is 22.6 Å². The maximum atomic E-state index is 13.1. The third-order valence-electron chi connectivity index (χ3n) is 3.97. The van der Waals surface area contributed by atoms with Crippen LogP contribution in [0.1, 0.15) is 24.6 Å². The molecule has 2 aromatic rings. The summed E-state index contributed by atoms with van der Waals surface area (Å²) >= 11 is 0. The molecule has 0 radical (unpaired) electrons. The molecule has 0 bridgehead atoms.